The first-order chi connectivity index (χ1) is 42.6. The van der Waals surface area contributed by atoms with Gasteiger partial charge in [-0.25, -0.2) is 19.9 Å². The van der Waals surface area contributed by atoms with Crippen LogP contribution in [-0.4, -0.2) is 29.1 Å². The number of rotatable bonds is 11. The molecule has 0 N–H and O–H groups in total. The minimum Gasteiger partial charge on any atom is -0.309 e. The molecule has 16 aromatic rings. The number of hydrogen-bond acceptors (Lipinski definition) is 4. The van der Waals surface area contributed by atoms with E-state index in [1.54, 1.807) is 0 Å². The molecule has 0 aliphatic rings. The van der Waals surface area contributed by atoms with E-state index < -0.39 is 0 Å². The Morgan fingerprint density at radius 3 is 0.826 bits per heavy atom. The molecule has 0 fully saturated rings. The van der Waals surface area contributed by atoms with Gasteiger partial charge in [0.05, 0.1) is 44.8 Å². The van der Waals surface area contributed by atoms with E-state index in [2.05, 4.69) is 300 Å². The fourth-order valence-electron chi connectivity index (χ4n) is 12.3. The average molecular weight is 1100 g/mol. The molecule has 0 radical (unpaired) electrons. The van der Waals surface area contributed by atoms with Crippen LogP contribution in [-0.2, 0) is 0 Å². The van der Waals surface area contributed by atoms with Gasteiger partial charge >= 0.3 is 0 Å². The fraction of sp³-hybridized carbons (Fsp3) is 0. The Morgan fingerprint density at radius 2 is 0.430 bits per heavy atom. The lowest BCUT2D eigenvalue weighted by Crippen LogP contribution is -1.96. The van der Waals surface area contributed by atoms with E-state index in [1.807, 2.05) is 24.3 Å². The number of para-hydroxylation sites is 4. The normalized spacial score (nSPS) is 11.5. The van der Waals surface area contributed by atoms with Crippen molar-refractivity contribution in [2.75, 3.05) is 0 Å². The van der Waals surface area contributed by atoms with Gasteiger partial charge in [-0.3, -0.25) is 0 Å². The van der Waals surface area contributed by atoms with Gasteiger partial charge in [-0.2, -0.15) is 0 Å². The van der Waals surface area contributed by atoms with E-state index in [9.17, 15) is 0 Å². The zero-order valence-corrected chi connectivity index (χ0v) is 46.7. The summed E-state index contributed by atoms with van der Waals surface area (Å²) in [5.74, 6) is 1.33. The predicted octanol–water partition coefficient (Wildman–Crippen LogP) is 20.5. The van der Waals surface area contributed by atoms with Crippen molar-refractivity contribution in [3.05, 3.63) is 315 Å². The van der Waals surface area contributed by atoms with Crippen LogP contribution in [0.1, 0.15) is 0 Å². The molecule has 0 bridgehead atoms. The summed E-state index contributed by atoms with van der Waals surface area (Å²) in [4.78, 5) is 20.9. The maximum Gasteiger partial charge on any atom is 0.160 e. The molecule has 12 aromatic carbocycles. The molecule has 16 rings (SSSR count). The third-order valence-electron chi connectivity index (χ3n) is 16.6. The average Bonchev–Trinajstić information content (AvgIpc) is 2.89. The van der Waals surface area contributed by atoms with Crippen LogP contribution >= 0.6 is 0 Å². The van der Waals surface area contributed by atoms with Crippen molar-refractivity contribution in [2.24, 2.45) is 0 Å². The summed E-state index contributed by atoms with van der Waals surface area (Å²) >= 11 is 0. The Balaban J connectivity index is 0.688. The van der Waals surface area contributed by atoms with Crippen LogP contribution in [0.2, 0.25) is 0 Å². The molecule has 0 saturated carbocycles. The number of fused-ring (bicyclic) bond motifs is 6. The van der Waals surface area contributed by atoms with Gasteiger partial charge in [-0.05, 0) is 106 Å². The van der Waals surface area contributed by atoms with Gasteiger partial charge in [0.15, 0.2) is 11.6 Å². The van der Waals surface area contributed by atoms with Crippen LogP contribution in [0.3, 0.4) is 0 Å². The van der Waals surface area contributed by atoms with E-state index in [0.717, 1.165) is 101 Å². The standard InChI is InChI=1S/C80H52N6/c1-3-17-57(18-4-1)71-51-73(64-24-16-22-62(50-64)56-43-47-66(48-44-56)86-77-31-13-9-27-69(77)70-28-10-14-32-78(70)86)84-80(81-71)60-39-35-55(36-40-60)61-21-15-23-63(49-61)74-52-72(82-79(83-74)59-19-5-2-6-20-59)58-37-33-53(34-38-58)54-41-45-65(46-42-54)85-75-29-11-7-25-67(75)68-26-8-12-30-76(68)85/h1-52H. The first-order valence-corrected chi connectivity index (χ1v) is 29.1. The van der Waals surface area contributed by atoms with Gasteiger partial charge in [-0.15, -0.1) is 0 Å². The molecule has 0 aliphatic heterocycles. The monoisotopic (exact) mass is 1100 g/mol. The molecule has 0 spiro atoms. The molecule has 86 heavy (non-hydrogen) atoms. The van der Waals surface area contributed by atoms with Crippen molar-refractivity contribution < 1.29 is 0 Å². The molecule has 402 valence electrons. The smallest absolute Gasteiger partial charge is 0.160 e. The van der Waals surface area contributed by atoms with Crippen molar-refractivity contribution in [3.8, 4) is 113 Å². The van der Waals surface area contributed by atoms with Gasteiger partial charge in [-0.1, -0.05) is 243 Å². The highest BCUT2D eigenvalue weighted by atomic mass is 15.0. The molecule has 4 aromatic heterocycles. The van der Waals surface area contributed by atoms with Gasteiger partial charge in [0.2, 0.25) is 0 Å². The van der Waals surface area contributed by atoms with Crippen LogP contribution in [0.5, 0.6) is 0 Å². The summed E-state index contributed by atoms with van der Waals surface area (Å²) < 4.78 is 4.71. The topological polar surface area (TPSA) is 61.4 Å². The van der Waals surface area contributed by atoms with Crippen LogP contribution in [0.25, 0.3) is 156 Å². The Morgan fingerprint density at radius 1 is 0.174 bits per heavy atom. The summed E-state index contributed by atoms with van der Waals surface area (Å²) in [6, 6.07) is 112. The van der Waals surface area contributed by atoms with Crippen molar-refractivity contribution >= 4 is 43.6 Å². The maximum absolute atomic E-state index is 5.28. The predicted molar refractivity (Wildman–Crippen MR) is 355 cm³/mol. The lowest BCUT2D eigenvalue weighted by molar-refractivity contribution is 1.18. The molecule has 0 unspecified atom stereocenters. The number of benzene rings is 12. The quantitative estimate of drug-likeness (QED) is 0.129. The zero-order valence-electron chi connectivity index (χ0n) is 46.7. The molecule has 0 amide bonds. The van der Waals surface area contributed by atoms with Crippen LogP contribution < -0.4 is 0 Å². The third kappa shape index (κ3) is 9.19. The van der Waals surface area contributed by atoms with Crippen molar-refractivity contribution in [1.29, 1.82) is 0 Å². The molecule has 0 aliphatic carbocycles. The molecular formula is C80H52N6. The third-order valence-corrected chi connectivity index (χ3v) is 16.6. The van der Waals surface area contributed by atoms with E-state index in [0.29, 0.717) is 11.6 Å². The van der Waals surface area contributed by atoms with Crippen molar-refractivity contribution in [2.45, 2.75) is 0 Å². The molecule has 4 heterocycles. The number of aromatic nitrogens is 6. The number of nitrogens with zero attached hydrogens (tertiary/aromatic N) is 6. The first kappa shape index (κ1) is 50.2. The second kappa shape index (κ2) is 21.3. The van der Waals surface area contributed by atoms with Crippen LogP contribution in [0.15, 0.2) is 315 Å². The molecule has 6 heteroatoms. The van der Waals surface area contributed by atoms with Crippen molar-refractivity contribution in [3.63, 3.8) is 0 Å². The lowest BCUT2D eigenvalue weighted by atomic mass is 9.98. The molecular weight excluding hydrogens is 1040 g/mol. The molecule has 0 atom stereocenters. The van der Waals surface area contributed by atoms with E-state index in [1.165, 1.54) is 43.6 Å². The van der Waals surface area contributed by atoms with Gasteiger partial charge < -0.3 is 9.13 Å². The summed E-state index contributed by atoms with van der Waals surface area (Å²) in [5, 5.41) is 5.01. The summed E-state index contributed by atoms with van der Waals surface area (Å²) in [7, 11) is 0. The van der Waals surface area contributed by atoms with Crippen molar-refractivity contribution in [1.82, 2.24) is 29.1 Å². The molecule has 0 saturated heterocycles. The Labute approximate surface area is 498 Å². The van der Waals surface area contributed by atoms with E-state index in [4.69, 9.17) is 19.9 Å². The molecule has 6 nitrogen and oxygen atoms in total. The van der Waals surface area contributed by atoms with Crippen LogP contribution in [0.4, 0.5) is 0 Å². The Kier molecular flexibility index (Phi) is 12.4. The number of hydrogen-bond donors (Lipinski definition) is 0. The Hall–Kier alpha value is -11.6. The fourth-order valence-corrected chi connectivity index (χ4v) is 12.3. The summed E-state index contributed by atoms with van der Waals surface area (Å²) in [5.41, 5.74) is 23.1. The maximum atomic E-state index is 5.28. The Bertz CT molecular complexity index is 5080. The SMILES string of the molecule is c1ccc(-c2cc(-c3cccc(-c4ccc(-n5c6ccccc6c6ccccc65)cc4)c3)nc(-c3ccc(-c4cccc(-c5cc(-c6ccc(-c7ccc(-n8c9ccccc9c9ccccc98)cc7)cc6)nc(-c6ccccc6)n5)c4)cc3)n2)cc1. The van der Waals surface area contributed by atoms with Crippen LogP contribution in [0, 0.1) is 0 Å². The lowest BCUT2D eigenvalue weighted by Gasteiger charge is -2.12. The highest BCUT2D eigenvalue weighted by Gasteiger charge is 2.17. The highest BCUT2D eigenvalue weighted by Crippen LogP contribution is 2.38. The minimum absolute atomic E-state index is 0.658. The van der Waals surface area contributed by atoms with Gasteiger partial charge in [0.1, 0.15) is 0 Å². The minimum atomic E-state index is 0.658. The van der Waals surface area contributed by atoms with Gasteiger partial charge in [0, 0.05) is 66.3 Å². The zero-order chi connectivity index (χ0) is 56.9. The second-order valence-corrected chi connectivity index (χ2v) is 21.8. The first-order valence-electron chi connectivity index (χ1n) is 29.1. The van der Waals surface area contributed by atoms with E-state index >= 15 is 0 Å². The summed E-state index contributed by atoms with van der Waals surface area (Å²) in [6.07, 6.45) is 0. The highest BCUT2D eigenvalue weighted by molar-refractivity contribution is 6.10. The van der Waals surface area contributed by atoms with E-state index in [-0.39, 0.29) is 0 Å². The largest absolute Gasteiger partial charge is 0.309 e. The van der Waals surface area contributed by atoms with Gasteiger partial charge in [0.25, 0.3) is 0 Å². The second-order valence-electron chi connectivity index (χ2n) is 21.8. The summed E-state index contributed by atoms with van der Waals surface area (Å²) in [6.45, 7) is 0.